The SMILES string of the molecule is CC(F)(F)c1cccc(N=CC(COc2nccc(N3CCCC3)n2)=NN)c1. The summed E-state index contributed by atoms with van der Waals surface area (Å²) in [4.78, 5) is 14.8. The van der Waals surface area contributed by atoms with Crippen LogP contribution in [-0.4, -0.2) is 41.6 Å². The van der Waals surface area contributed by atoms with Crippen LogP contribution in [0.15, 0.2) is 46.6 Å². The van der Waals surface area contributed by atoms with E-state index in [4.69, 9.17) is 10.6 Å². The zero-order chi connectivity index (χ0) is 20.0. The Hall–Kier alpha value is -3.10. The van der Waals surface area contributed by atoms with Gasteiger partial charge in [-0.3, -0.25) is 4.99 Å². The van der Waals surface area contributed by atoms with Gasteiger partial charge in [0.25, 0.3) is 5.92 Å². The number of nitrogens with zero attached hydrogens (tertiary/aromatic N) is 5. The van der Waals surface area contributed by atoms with Gasteiger partial charge in [-0.2, -0.15) is 10.1 Å². The highest BCUT2D eigenvalue weighted by Crippen LogP contribution is 2.29. The molecule has 0 radical (unpaired) electrons. The molecule has 2 heterocycles. The molecule has 2 N–H and O–H groups in total. The first-order chi connectivity index (χ1) is 13.5. The van der Waals surface area contributed by atoms with Crippen LogP contribution in [0.3, 0.4) is 0 Å². The fourth-order valence-corrected chi connectivity index (χ4v) is 2.78. The van der Waals surface area contributed by atoms with Crippen molar-refractivity contribution in [2.24, 2.45) is 15.9 Å². The molecule has 0 spiro atoms. The summed E-state index contributed by atoms with van der Waals surface area (Å²) in [6, 6.07) is 7.86. The standard InChI is InChI=1S/C19H22F2N6O/c1-19(20,21)14-5-4-6-15(11-14)24-12-16(26-22)13-28-18-23-8-7-17(25-18)27-9-2-3-10-27/h4-8,11-12H,2-3,9-10,13,22H2,1H3. The monoisotopic (exact) mass is 388 g/mol. The molecule has 0 saturated carbocycles. The number of ether oxygens (including phenoxy) is 1. The molecule has 2 aromatic rings. The maximum atomic E-state index is 13.4. The summed E-state index contributed by atoms with van der Waals surface area (Å²) in [5, 5.41) is 3.62. The van der Waals surface area contributed by atoms with Gasteiger partial charge in [-0.25, -0.2) is 13.8 Å². The van der Waals surface area contributed by atoms with Crippen molar-refractivity contribution in [3.8, 4) is 6.01 Å². The summed E-state index contributed by atoms with van der Waals surface area (Å²) in [5.41, 5.74) is 0.577. The molecule has 1 aliphatic rings. The third kappa shape index (κ3) is 5.21. The lowest BCUT2D eigenvalue weighted by atomic mass is 10.1. The Labute approximate surface area is 162 Å². The summed E-state index contributed by atoms with van der Waals surface area (Å²) in [5.74, 6) is 3.26. The highest BCUT2D eigenvalue weighted by Gasteiger charge is 2.24. The van der Waals surface area contributed by atoms with Crippen LogP contribution < -0.4 is 15.5 Å². The fraction of sp³-hybridized carbons (Fsp3) is 0.368. The molecular formula is C19H22F2N6O. The largest absolute Gasteiger partial charge is 0.457 e. The fourth-order valence-electron chi connectivity index (χ4n) is 2.78. The van der Waals surface area contributed by atoms with E-state index in [1.54, 1.807) is 12.3 Å². The zero-order valence-corrected chi connectivity index (χ0v) is 15.6. The van der Waals surface area contributed by atoms with E-state index in [0.29, 0.717) is 11.4 Å². The molecule has 9 heteroatoms. The summed E-state index contributed by atoms with van der Waals surface area (Å²) in [6.07, 6.45) is 5.30. The van der Waals surface area contributed by atoms with Crippen molar-refractivity contribution in [1.29, 1.82) is 0 Å². The highest BCUT2D eigenvalue weighted by molar-refractivity contribution is 6.31. The first-order valence-electron chi connectivity index (χ1n) is 8.96. The molecule has 148 valence electrons. The van der Waals surface area contributed by atoms with E-state index in [-0.39, 0.29) is 18.2 Å². The molecule has 0 atom stereocenters. The molecule has 0 bridgehead atoms. The number of hydrogen-bond donors (Lipinski definition) is 1. The van der Waals surface area contributed by atoms with Crippen molar-refractivity contribution >= 4 is 23.4 Å². The number of aromatic nitrogens is 2. The van der Waals surface area contributed by atoms with Gasteiger partial charge in [0.05, 0.1) is 11.9 Å². The lowest BCUT2D eigenvalue weighted by Crippen LogP contribution is -2.20. The number of hydrogen-bond acceptors (Lipinski definition) is 7. The summed E-state index contributed by atoms with van der Waals surface area (Å²) in [7, 11) is 0. The predicted octanol–water partition coefficient (Wildman–Crippen LogP) is 3.28. The van der Waals surface area contributed by atoms with Crippen LogP contribution in [0.25, 0.3) is 0 Å². The molecular weight excluding hydrogens is 366 g/mol. The second-order valence-electron chi connectivity index (χ2n) is 6.50. The van der Waals surface area contributed by atoms with Gasteiger partial charge in [-0.15, -0.1) is 0 Å². The summed E-state index contributed by atoms with van der Waals surface area (Å²) >= 11 is 0. The minimum absolute atomic E-state index is 0.00703. The smallest absolute Gasteiger partial charge is 0.318 e. The Morgan fingerprint density at radius 2 is 2.11 bits per heavy atom. The first-order valence-corrected chi connectivity index (χ1v) is 8.96. The Morgan fingerprint density at radius 3 is 2.82 bits per heavy atom. The third-order valence-electron chi connectivity index (χ3n) is 4.28. The molecule has 1 saturated heterocycles. The number of hydrazone groups is 1. The van der Waals surface area contributed by atoms with Gasteiger partial charge in [0.2, 0.25) is 0 Å². The second kappa shape index (κ2) is 8.73. The van der Waals surface area contributed by atoms with Crippen molar-refractivity contribution in [1.82, 2.24) is 9.97 Å². The average molecular weight is 388 g/mol. The number of halogens is 2. The quantitative estimate of drug-likeness (QED) is 0.447. The number of nitrogens with two attached hydrogens (primary N) is 1. The van der Waals surface area contributed by atoms with Gasteiger partial charge in [-0.1, -0.05) is 12.1 Å². The van der Waals surface area contributed by atoms with Crippen molar-refractivity contribution in [3.63, 3.8) is 0 Å². The van der Waals surface area contributed by atoms with Crippen molar-refractivity contribution < 1.29 is 13.5 Å². The van der Waals surface area contributed by atoms with Crippen LogP contribution in [0.5, 0.6) is 6.01 Å². The maximum absolute atomic E-state index is 13.4. The van der Waals surface area contributed by atoms with E-state index in [1.165, 1.54) is 24.4 Å². The van der Waals surface area contributed by atoms with Gasteiger partial charge in [0, 0.05) is 31.8 Å². The number of rotatable bonds is 7. The van der Waals surface area contributed by atoms with Gasteiger partial charge in [-0.05, 0) is 31.0 Å². The number of benzene rings is 1. The number of anilines is 1. The van der Waals surface area contributed by atoms with Gasteiger partial charge in [0.15, 0.2) is 0 Å². The average Bonchev–Trinajstić information content (AvgIpc) is 3.23. The van der Waals surface area contributed by atoms with E-state index in [1.807, 2.05) is 6.07 Å². The van der Waals surface area contributed by atoms with Gasteiger partial charge in [0.1, 0.15) is 18.1 Å². The van der Waals surface area contributed by atoms with Gasteiger partial charge >= 0.3 is 6.01 Å². The van der Waals surface area contributed by atoms with E-state index >= 15 is 0 Å². The minimum atomic E-state index is -2.93. The van der Waals surface area contributed by atoms with Crippen LogP contribution in [0, 0.1) is 0 Å². The normalized spacial score (nSPS) is 15.4. The van der Waals surface area contributed by atoms with E-state index in [2.05, 4.69) is 25.0 Å². The van der Waals surface area contributed by atoms with Crippen LogP contribution in [0.1, 0.15) is 25.3 Å². The van der Waals surface area contributed by atoms with Crippen molar-refractivity contribution in [2.75, 3.05) is 24.6 Å². The van der Waals surface area contributed by atoms with Crippen LogP contribution in [-0.2, 0) is 5.92 Å². The molecule has 1 aromatic carbocycles. The molecule has 1 aromatic heterocycles. The molecule has 7 nitrogen and oxygen atoms in total. The molecule has 1 fully saturated rings. The van der Waals surface area contributed by atoms with Crippen LogP contribution >= 0.6 is 0 Å². The topological polar surface area (TPSA) is 89.0 Å². The number of alkyl halides is 2. The lowest BCUT2D eigenvalue weighted by Gasteiger charge is -2.16. The van der Waals surface area contributed by atoms with E-state index < -0.39 is 5.92 Å². The molecule has 0 aliphatic carbocycles. The molecule has 1 aliphatic heterocycles. The summed E-state index contributed by atoms with van der Waals surface area (Å²) in [6.45, 7) is 2.78. The third-order valence-corrected chi connectivity index (χ3v) is 4.28. The molecule has 0 unspecified atom stereocenters. The minimum Gasteiger partial charge on any atom is -0.457 e. The number of aliphatic imine (C=N–C) groups is 1. The summed E-state index contributed by atoms with van der Waals surface area (Å²) < 4.78 is 32.4. The van der Waals surface area contributed by atoms with E-state index in [0.717, 1.165) is 38.7 Å². The van der Waals surface area contributed by atoms with Crippen molar-refractivity contribution in [2.45, 2.75) is 25.7 Å². The molecule has 28 heavy (non-hydrogen) atoms. The predicted molar refractivity (Wildman–Crippen MR) is 105 cm³/mol. The molecule has 0 amide bonds. The zero-order valence-electron chi connectivity index (χ0n) is 15.6. The first kappa shape index (κ1) is 19.7. The van der Waals surface area contributed by atoms with E-state index in [9.17, 15) is 8.78 Å². The van der Waals surface area contributed by atoms with Crippen LogP contribution in [0.4, 0.5) is 20.3 Å². The Bertz CT molecular complexity index is 859. The highest BCUT2D eigenvalue weighted by atomic mass is 19.3. The van der Waals surface area contributed by atoms with Gasteiger partial charge < -0.3 is 15.5 Å². The molecule has 3 rings (SSSR count). The lowest BCUT2D eigenvalue weighted by molar-refractivity contribution is 0.0175. The second-order valence-corrected chi connectivity index (χ2v) is 6.50. The maximum Gasteiger partial charge on any atom is 0.318 e. The Balaban J connectivity index is 1.62. The Morgan fingerprint density at radius 1 is 1.32 bits per heavy atom. The van der Waals surface area contributed by atoms with Crippen LogP contribution in [0.2, 0.25) is 0 Å². The van der Waals surface area contributed by atoms with Crippen molar-refractivity contribution in [3.05, 3.63) is 42.1 Å². The Kier molecular flexibility index (Phi) is 6.13.